The van der Waals surface area contributed by atoms with Crippen LogP contribution in [0.2, 0.25) is 0 Å². The van der Waals surface area contributed by atoms with Gasteiger partial charge in [0.1, 0.15) is 9.79 Å². The zero-order chi connectivity index (χ0) is 13.6. The van der Waals surface area contributed by atoms with E-state index in [1.54, 1.807) is 0 Å². The van der Waals surface area contributed by atoms with Crippen LogP contribution in [0.15, 0.2) is 15.9 Å². The van der Waals surface area contributed by atoms with Gasteiger partial charge in [0.2, 0.25) is 0 Å². The molecule has 0 aliphatic rings. The molecule has 7 nitrogen and oxygen atoms in total. The average Bonchev–Trinajstić information content (AvgIpc) is 2.10. The van der Waals surface area contributed by atoms with Gasteiger partial charge in [-0.3, -0.25) is 9.11 Å². The van der Waals surface area contributed by atoms with Crippen LogP contribution in [0, 0.1) is 13.8 Å². The van der Waals surface area contributed by atoms with Gasteiger partial charge in [0.25, 0.3) is 20.2 Å². The van der Waals surface area contributed by atoms with Gasteiger partial charge in [-0.15, -0.1) is 0 Å². The molecular formula is C8H11NO6S2. The number of anilines is 1. The predicted molar refractivity (Wildman–Crippen MR) is 60.0 cm³/mol. The van der Waals surface area contributed by atoms with Crippen molar-refractivity contribution in [3.63, 3.8) is 0 Å². The number of nitrogens with two attached hydrogens (primary N) is 1. The second-order valence-corrected chi connectivity index (χ2v) is 6.27. The molecule has 17 heavy (non-hydrogen) atoms. The molecule has 9 heteroatoms. The second-order valence-electron chi connectivity index (χ2n) is 3.49. The van der Waals surface area contributed by atoms with E-state index in [0.717, 1.165) is 0 Å². The van der Waals surface area contributed by atoms with Crippen LogP contribution in [0.1, 0.15) is 11.1 Å². The number of hydrogen-bond donors (Lipinski definition) is 3. The lowest BCUT2D eigenvalue weighted by molar-refractivity contribution is 0.480. The van der Waals surface area contributed by atoms with Crippen molar-refractivity contribution < 1.29 is 25.9 Å². The highest BCUT2D eigenvalue weighted by Gasteiger charge is 2.23. The highest BCUT2D eigenvalue weighted by molar-refractivity contribution is 7.86. The minimum atomic E-state index is -4.61. The first kappa shape index (κ1) is 13.9. The molecule has 0 aliphatic carbocycles. The van der Waals surface area contributed by atoms with Gasteiger partial charge in [-0.05, 0) is 31.0 Å². The zero-order valence-corrected chi connectivity index (χ0v) is 10.6. The summed E-state index contributed by atoms with van der Waals surface area (Å²) in [7, 11) is -9.22. The normalized spacial score (nSPS) is 12.7. The van der Waals surface area contributed by atoms with E-state index in [-0.39, 0.29) is 16.8 Å². The summed E-state index contributed by atoms with van der Waals surface area (Å²) < 4.78 is 61.9. The molecule has 0 aliphatic heterocycles. The number of benzene rings is 1. The summed E-state index contributed by atoms with van der Waals surface area (Å²) in [5.74, 6) is 0. The first-order chi connectivity index (χ1) is 7.46. The van der Waals surface area contributed by atoms with E-state index >= 15 is 0 Å². The molecule has 0 heterocycles. The Hall–Kier alpha value is -1.16. The van der Waals surface area contributed by atoms with Gasteiger partial charge in [-0.1, -0.05) is 0 Å². The Morgan fingerprint density at radius 3 is 1.47 bits per heavy atom. The molecule has 0 atom stereocenters. The van der Waals surface area contributed by atoms with Gasteiger partial charge < -0.3 is 5.73 Å². The lowest BCUT2D eigenvalue weighted by atomic mass is 10.1. The third-order valence-electron chi connectivity index (χ3n) is 2.37. The summed E-state index contributed by atoms with van der Waals surface area (Å²) in [4.78, 5) is -1.29. The van der Waals surface area contributed by atoms with Crippen LogP contribution in [-0.4, -0.2) is 25.9 Å². The molecule has 0 bridgehead atoms. The minimum absolute atomic E-state index is 0.0254. The van der Waals surface area contributed by atoms with Gasteiger partial charge in [0, 0.05) is 5.69 Å². The monoisotopic (exact) mass is 281 g/mol. The number of rotatable bonds is 2. The molecular weight excluding hydrogens is 270 g/mol. The molecule has 4 N–H and O–H groups in total. The largest absolute Gasteiger partial charge is 0.398 e. The summed E-state index contributed by atoms with van der Waals surface area (Å²) in [6.07, 6.45) is 0. The summed E-state index contributed by atoms with van der Waals surface area (Å²) in [5.41, 5.74) is 5.46. The smallest absolute Gasteiger partial charge is 0.294 e. The van der Waals surface area contributed by atoms with Gasteiger partial charge in [-0.25, -0.2) is 0 Å². The summed E-state index contributed by atoms with van der Waals surface area (Å²) in [5, 5.41) is 0. The van der Waals surface area contributed by atoms with E-state index in [4.69, 9.17) is 14.8 Å². The Balaban J connectivity index is 3.88. The van der Waals surface area contributed by atoms with E-state index in [0.29, 0.717) is 6.07 Å². The van der Waals surface area contributed by atoms with E-state index in [9.17, 15) is 16.8 Å². The van der Waals surface area contributed by atoms with Crippen molar-refractivity contribution >= 4 is 25.9 Å². The van der Waals surface area contributed by atoms with Crippen LogP contribution in [0.3, 0.4) is 0 Å². The maximum absolute atomic E-state index is 11.0. The Morgan fingerprint density at radius 2 is 1.24 bits per heavy atom. The molecule has 0 amide bonds. The molecule has 0 fully saturated rings. The van der Waals surface area contributed by atoms with Gasteiger partial charge in [0.15, 0.2) is 0 Å². The Kier molecular flexibility index (Phi) is 3.23. The summed E-state index contributed by atoms with van der Waals surface area (Å²) in [6, 6.07) is 0.672. The molecule has 1 aromatic rings. The van der Waals surface area contributed by atoms with Crippen molar-refractivity contribution in [1.29, 1.82) is 0 Å². The van der Waals surface area contributed by atoms with Gasteiger partial charge >= 0.3 is 0 Å². The van der Waals surface area contributed by atoms with Crippen molar-refractivity contribution in [1.82, 2.24) is 0 Å². The lowest BCUT2D eigenvalue weighted by Crippen LogP contribution is -2.10. The Morgan fingerprint density at radius 1 is 0.941 bits per heavy atom. The molecule has 0 saturated carbocycles. The van der Waals surface area contributed by atoms with Crippen molar-refractivity contribution in [2.75, 3.05) is 5.73 Å². The highest BCUT2D eigenvalue weighted by Crippen LogP contribution is 2.30. The van der Waals surface area contributed by atoms with Crippen LogP contribution < -0.4 is 5.73 Å². The minimum Gasteiger partial charge on any atom is -0.398 e. The summed E-state index contributed by atoms with van der Waals surface area (Å²) in [6.45, 7) is 2.64. The number of nitrogen functional groups attached to an aromatic ring is 1. The highest BCUT2D eigenvalue weighted by atomic mass is 32.2. The topological polar surface area (TPSA) is 135 Å². The molecule has 0 saturated heterocycles. The predicted octanol–water partition coefficient (Wildman–Crippen LogP) is 0.379. The Bertz CT molecular complexity index is 618. The molecule has 0 unspecified atom stereocenters. The van der Waals surface area contributed by atoms with E-state index in [2.05, 4.69) is 0 Å². The van der Waals surface area contributed by atoms with E-state index in [1.807, 2.05) is 0 Å². The van der Waals surface area contributed by atoms with Crippen LogP contribution in [0.25, 0.3) is 0 Å². The first-order valence-electron chi connectivity index (χ1n) is 4.31. The van der Waals surface area contributed by atoms with Crippen LogP contribution in [-0.2, 0) is 20.2 Å². The molecule has 1 aromatic carbocycles. The van der Waals surface area contributed by atoms with Crippen LogP contribution >= 0.6 is 0 Å². The Labute approximate surface area is 98.8 Å². The van der Waals surface area contributed by atoms with Crippen LogP contribution in [0.4, 0.5) is 5.69 Å². The molecule has 1 rings (SSSR count). The van der Waals surface area contributed by atoms with E-state index < -0.39 is 30.0 Å². The van der Waals surface area contributed by atoms with Gasteiger partial charge in [0.05, 0.1) is 0 Å². The van der Waals surface area contributed by atoms with Crippen LogP contribution in [0.5, 0.6) is 0 Å². The quantitative estimate of drug-likeness (QED) is 0.526. The molecule has 0 aromatic heterocycles. The number of hydrogen-bond acceptors (Lipinski definition) is 5. The third kappa shape index (κ3) is 2.57. The maximum Gasteiger partial charge on any atom is 0.294 e. The maximum atomic E-state index is 11.0. The fraction of sp³-hybridized carbons (Fsp3) is 0.250. The van der Waals surface area contributed by atoms with Crippen molar-refractivity contribution in [3.8, 4) is 0 Å². The van der Waals surface area contributed by atoms with E-state index in [1.165, 1.54) is 13.8 Å². The summed E-state index contributed by atoms with van der Waals surface area (Å²) >= 11 is 0. The average molecular weight is 281 g/mol. The molecule has 0 spiro atoms. The fourth-order valence-corrected chi connectivity index (χ4v) is 3.02. The van der Waals surface area contributed by atoms with Crippen molar-refractivity contribution in [3.05, 3.63) is 17.2 Å². The molecule has 96 valence electrons. The first-order valence-corrected chi connectivity index (χ1v) is 7.19. The van der Waals surface area contributed by atoms with Crippen molar-refractivity contribution in [2.24, 2.45) is 0 Å². The molecule has 0 radical (unpaired) electrons. The standard InChI is InChI=1S/C8H11NO6S2/c1-4-6(16(10,11)12)3-7(17(13,14)15)5(2)8(4)9/h3H,9H2,1-2H3,(H,10,11,12)(H,13,14,15). The fourth-order valence-electron chi connectivity index (χ4n) is 1.42. The SMILES string of the molecule is Cc1c(S(=O)(=O)O)cc(S(=O)(=O)O)c(C)c1N. The lowest BCUT2D eigenvalue weighted by Gasteiger charge is -2.12. The van der Waals surface area contributed by atoms with Gasteiger partial charge in [-0.2, -0.15) is 16.8 Å². The second kappa shape index (κ2) is 3.95. The zero-order valence-electron chi connectivity index (χ0n) is 9.00. The third-order valence-corrected chi connectivity index (χ3v) is 4.32. The van der Waals surface area contributed by atoms with Crippen molar-refractivity contribution in [2.45, 2.75) is 23.6 Å².